The van der Waals surface area contributed by atoms with Gasteiger partial charge in [-0.25, -0.2) is 9.97 Å². The Balaban J connectivity index is 1.17. The van der Waals surface area contributed by atoms with E-state index in [0.717, 1.165) is 63.0 Å². The largest absolute Gasteiger partial charge is 0.351 e. The lowest BCUT2D eigenvalue weighted by Gasteiger charge is -2.41. The summed E-state index contributed by atoms with van der Waals surface area (Å²) < 4.78 is 0. The molecule has 0 spiro atoms. The van der Waals surface area contributed by atoms with Gasteiger partial charge in [-0.05, 0) is 63.4 Å². The SMILES string of the molecule is Cc1c(Cc2ccccc2)nnc(N2CCN(c3cnc(C(=O)NCCN4CCCC4)cn3)[C@H](C)C2)c1C. The molecule has 9 nitrogen and oxygen atoms in total. The number of carbonyl (C=O) groups is 1. The maximum absolute atomic E-state index is 12.5. The number of hydrogen-bond donors (Lipinski definition) is 1. The Morgan fingerprint density at radius 1 is 0.974 bits per heavy atom. The molecule has 0 radical (unpaired) electrons. The van der Waals surface area contributed by atoms with Gasteiger partial charge < -0.3 is 20.0 Å². The zero-order valence-corrected chi connectivity index (χ0v) is 22.7. The van der Waals surface area contributed by atoms with Gasteiger partial charge in [0.25, 0.3) is 5.91 Å². The summed E-state index contributed by atoms with van der Waals surface area (Å²) in [5, 5.41) is 12.2. The van der Waals surface area contributed by atoms with Crippen LogP contribution in [0.5, 0.6) is 0 Å². The molecule has 0 unspecified atom stereocenters. The molecule has 0 saturated carbocycles. The minimum Gasteiger partial charge on any atom is -0.351 e. The van der Waals surface area contributed by atoms with Gasteiger partial charge in [-0.15, -0.1) is 5.10 Å². The molecule has 3 aromatic rings. The van der Waals surface area contributed by atoms with Crippen molar-refractivity contribution in [1.29, 1.82) is 0 Å². The summed E-state index contributed by atoms with van der Waals surface area (Å²) >= 11 is 0. The number of nitrogens with zero attached hydrogens (tertiary/aromatic N) is 7. The highest BCUT2D eigenvalue weighted by Crippen LogP contribution is 2.26. The Morgan fingerprint density at radius 3 is 2.47 bits per heavy atom. The Morgan fingerprint density at radius 2 is 1.76 bits per heavy atom. The van der Waals surface area contributed by atoms with E-state index in [1.807, 2.05) is 6.07 Å². The van der Waals surface area contributed by atoms with E-state index in [2.05, 4.69) is 85.2 Å². The Hall–Kier alpha value is -3.59. The zero-order chi connectivity index (χ0) is 26.5. The average molecular weight is 515 g/mol. The first-order chi connectivity index (χ1) is 18.5. The van der Waals surface area contributed by atoms with E-state index in [0.29, 0.717) is 12.2 Å². The molecule has 2 fully saturated rings. The van der Waals surface area contributed by atoms with Crippen LogP contribution >= 0.6 is 0 Å². The molecule has 4 heterocycles. The van der Waals surface area contributed by atoms with Crippen LogP contribution in [0.15, 0.2) is 42.7 Å². The summed E-state index contributed by atoms with van der Waals surface area (Å²) in [4.78, 5) is 28.4. The third kappa shape index (κ3) is 5.93. The average Bonchev–Trinajstić information content (AvgIpc) is 3.46. The molecule has 2 aliphatic rings. The lowest BCUT2D eigenvalue weighted by atomic mass is 10.0. The van der Waals surface area contributed by atoms with Gasteiger partial charge in [-0.1, -0.05) is 30.3 Å². The van der Waals surface area contributed by atoms with Crippen molar-refractivity contribution in [1.82, 2.24) is 30.4 Å². The molecule has 2 saturated heterocycles. The second kappa shape index (κ2) is 11.9. The zero-order valence-electron chi connectivity index (χ0n) is 22.7. The fourth-order valence-corrected chi connectivity index (χ4v) is 5.40. The third-order valence-electron chi connectivity index (χ3n) is 7.82. The van der Waals surface area contributed by atoms with Crippen LogP contribution in [0.2, 0.25) is 0 Å². The highest BCUT2D eigenvalue weighted by atomic mass is 16.1. The summed E-state index contributed by atoms with van der Waals surface area (Å²) in [5.74, 6) is 1.59. The topological polar surface area (TPSA) is 90.4 Å². The number of amides is 1. The standard InChI is InChI=1S/C29H38N8O/c1-21-20-36(28-23(3)22(2)25(33-34-28)17-24-9-5-4-6-10-24)15-16-37(21)27-19-31-26(18-32-27)29(38)30-11-14-35-12-7-8-13-35/h4-6,9-10,18-19,21H,7-8,11-17,20H2,1-3H3,(H,30,38)/t21-/m1/s1. The molecule has 0 aliphatic carbocycles. The summed E-state index contributed by atoms with van der Waals surface area (Å²) in [6.45, 7) is 12.7. The van der Waals surface area contributed by atoms with Crippen LogP contribution < -0.4 is 15.1 Å². The van der Waals surface area contributed by atoms with Gasteiger partial charge in [0.15, 0.2) is 5.82 Å². The van der Waals surface area contributed by atoms with E-state index in [-0.39, 0.29) is 11.9 Å². The fraction of sp³-hybridized carbons (Fsp3) is 0.483. The van der Waals surface area contributed by atoms with Crippen LogP contribution in [0.3, 0.4) is 0 Å². The number of aromatic nitrogens is 4. The number of anilines is 2. The summed E-state index contributed by atoms with van der Waals surface area (Å²) in [5.41, 5.74) is 5.02. The molecule has 38 heavy (non-hydrogen) atoms. The maximum Gasteiger partial charge on any atom is 0.271 e. The normalized spacial score (nSPS) is 18.1. The monoisotopic (exact) mass is 514 g/mol. The van der Waals surface area contributed by atoms with Gasteiger partial charge >= 0.3 is 0 Å². The Labute approximate surface area is 225 Å². The number of hydrogen-bond acceptors (Lipinski definition) is 8. The van der Waals surface area contributed by atoms with Crippen molar-refractivity contribution in [3.63, 3.8) is 0 Å². The van der Waals surface area contributed by atoms with Crippen molar-refractivity contribution in [3.8, 4) is 0 Å². The molecule has 0 bridgehead atoms. The van der Waals surface area contributed by atoms with E-state index in [4.69, 9.17) is 0 Å². The molecule has 2 aromatic heterocycles. The molecule has 9 heteroatoms. The molecule has 1 aromatic carbocycles. The van der Waals surface area contributed by atoms with Gasteiger partial charge in [0.2, 0.25) is 0 Å². The minimum atomic E-state index is -0.166. The van der Waals surface area contributed by atoms with E-state index in [1.165, 1.54) is 29.5 Å². The van der Waals surface area contributed by atoms with Crippen molar-refractivity contribution in [2.45, 2.75) is 46.1 Å². The minimum absolute atomic E-state index is 0.166. The van der Waals surface area contributed by atoms with Gasteiger partial charge in [0.1, 0.15) is 11.5 Å². The summed E-state index contributed by atoms with van der Waals surface area (Å²) in [7, 11) is 0. The number of likely N-dealkylation sites (tertiary alicyclic amines) is 1. The summed E-state index contributed by atoms with van der Waals surface area (Å²) in [6.07, 6.45) is 6.60. The predicted octanol–water partition coefficient (Wildman–Crippen LogP) is 3.01. The van der Waals surface area contributed by atoms with Crippen LogP contribution in [-0.4, -0.2) is 82.8 Å². The molecule has 1 atom stereocenters. The number of carbonyl (C=O) groups excluding carboxylic acids is 1. The lowest BCUT2D eigenvalue weighted by molar-refractivity contribution is 0.0944. The summed E-state index contributed by atoms with van der Waals surface area (Å²) in [6, 6.07) is 10.6. The van der Waals surface area contributed by atoms with Crippen LogP contribution in [-0.2, 0) is 6.42 Å². The van der Waals surface area contributed by atoms with Crippen molar-refractivity contribution >= 4 is 17.5 Å². The van der Waals surface area contributed by atoms with Gasteiger partial charge in [0, 0.05) is 45.2 Å². The second-order valence-electron chi connectivity index (χ2n) is 10.4. The van der Waals surface area contributed by atoms with Crippen LogP contribution in [0.1, 0.15) is 52.6 Å². The van der Waals surface area contributed by atoms with Crippen molar-refractivity contribution < 1.29 is 4.79 Å². The van der Waals surface area contributed by atoms with Crippen molar-refractivity contribution in [2.75, 3.05) is 55.6 Å². The maximum atomic E-state index is 12.5. The molecule has 5 rings (SSSR count). The molecule has 2 aliphatic heterocycles. The molecular weight excluding hydrogens is 476 g/mol. The van der Waals surface area contributed by atoms with E-state index < -0.39 is 0 Å². The third-order valence-corrected chi connectivity index (χ3v) is 7.82. The quantitative estimate of drug-likeness (QED) is 0.491. The molecule has 1 amide bonds. The fourth-order valence-electron chi connectivity index (χ4n) is 5.40. The van der Waals surface area contributed by atoms with Crippen LogP contribution in [0.4, 0.5) is 11.6 Å². The highest BCUT2D eigenvalue weighted by Gasteiger charge is 2.28. The van der Waals surface area contributed by atoms with Gasteiger partial charge in [-0.3, -0.25) is 4.79 Å². The molecule has 200 valence electrons. The van der Waals surface area contributed by atoms with Crippen LogP contribution in [0, 0.1) is 13.8 Å². The Bertz CT molecular complexity index is 1230. The van der Waals surface area contributed by atoms with Gasteiger partial charge in [0.05, 0.1) is 18.1 Å². The predicted molar refractivity (Wildman–Crippen MR) is 150 cm³/mol. The number of rotatable bonds is 8. The van der Waals surface area contributed by atoms with Crippen LogP contribution in [0.25, 0.3) is 0 Å². The van der Waals surface area contributed by atoms with Crippen molar-refractivity contribution in [3.05, 3.63) is 70.8 Å². The first kappa shape index (κ1) is 26.0. The smallest absolute Gasteiger partial charge is 0.271 e. The van der Waals surface area contributed by atoms with Gasteiger partial charge in [-0.2, -0.15) is 5.10 Å². The van der Waals surface area contributed by atoms with E-state index in [9.17, 15) is 4.79 Å². The molecular formula is C29H38N8O. The number of benzene rings is 1. The lowest BCUT2D eigenvalue weighted by Crippen LogP contribution is -2.53. The number of piperazine rings is 1. The Kier molecular flexibility index (Phi) is 8.12. The second-order valence-corrected chi connectivity index (χ2v) is 10.4. The number of nitrogens with one attached hydrogen (secondary N) is 1. The van der Waals surface area contributed by atoms with E-state index in [1.54, 1.807) is 12.4 Å². The van der Waals surface area contributed by atoms with E-state index >= 15 is 0 Å². The highest BCUT2D eigenvalue weighted by molar-refractivity contribution is 5.92. The van der Waals surface area contributed by atoms with Crippen molar-refractivity contribution in [2.24, 2.45) is 0 Å². The molecule has 1 N–H and O–H groups in total. The first-order valence-electron chi connectivity index (χ1n) is 13.7. The first-order valence-corrected chi connectivity index (χ1v) is 13.7.